The van der Waals surface area contributed by atoms with Crippen molar-refractivity contribution in [2.24, 2.45) is 0 Å². The van der Waals surface area contributed by atoms with Gasteiger partial charge in [-0.3, -0.25) is 9.55 Å². The number of hydrogen-bond donors (Lipinski definition) is 1. The van der Waals surface area contributed by atoms with Crippen LogP contribution in [0.3, 0.4) is 0 Å². The van der Waals surface area contributed by atoms with Crippen LogP contribution in [0.4, 0.5) is 0 Å². The van der Waals surface area contributed by atoms with Gasteiger partial charge in [0, 0.05) is 38.5 Å². The molecule has 0 saturated carbocycles. The summed E-state index contributed by atoms with van der Waals surface area (Å²) in [5.74, 6) is 1.28. The summed E-state index contributed by atoms with van der Waals surface area (Å²) < 4.78 is 2.29. The van der Waals surface area contributed by atoms with Gasteiger partial charge in [0.2, 0.25) is 0 Å². The van der Waals surface area contributed by atoms with Crippen LogP contribution in [0.1, 0.15) is 109 Å². The van der Waals surface area contributed by atoms with Crippen LogP contribution in [0.2, 0.25) is 0 Å². The Morgan fingerprint density at radius 2 is 1.19 bits per heavy atom. The third-order valence-electron chi connectivity index (χ3n) is 13.2. The molecule has 1 N–H and O–H groups in total. The normalized spacial score (nSPS) is 12.0. The van der Waals surface area contributed by atoms with Crippen molar-refractivity contribution >= 4 is 11.0 Å². The topological polar surface area (TPSA) is 50.9 Å². The van der Waals surface area contributed by atoms with E-state index in [2.05, 4.69) is 238 Å². The zero-order valence-corrected chi connectivity index (χ0v) is 43.5. The number of fused-ring (bicyclic) bond motifs is 1. The fourth-order valence-corrected chi connectivity index (χ4v) is 9.10. The Morgan fingerprint density at radius 3 is 1.85 bits per heavy atom. The van der Waals surface area contributed by atoms with E-state index in [9.17, 15) is 5.11 Å². The van der Waals surface area contributed by atoms with Crippen LogP contribution in [0.25, 0.3) is 83.9 Å². The number of rotatable bonds is 9. The quantitative estimate of drug-likeness (QED) is 0.147. The van der Waals surface area contributed by atoms with Crippen molar-refractivity contribution in [1.82, 2.24) is 14.5 Å². The number of pyridine rings is 1. The summed E-state index contributed by atoms with van der Waals surface area (Å²) in [6.07, 6.45) is 1.89. The molecule has 0 unspecified atom stereocenters. The zero-order valence-electron chi connectivity index (χ0n) is 41.3. The molecule has 0 aliphatic rings. The number of aryl methyl sites for hydroxylation is 1. The molecular formula is C63H62N3OPt-. The molecule has 0 radical (unpaired) electrons. The number of aromatic nitrogens is 3. The van der Waals surface area contributed by atoms with E-state index in [1.807, 2.05) is 6.20 Å². The fourth-order valence-electron chi connectivity index (χ4n) is 9.10. The first-order chi connectivity index (χ1) is 31.9. The number of nitrogens with zero attached hydrogens (tertiary/aromatic N) is 3. The van der Waals surface area contributed by atoms with E-state index in [4.69, 9.17) is 9.97 Å². The Bertz CT molecular complexity index is 3260. The largest absolute Gasteiger partial charge is 0.507 e. The Balaban J connectivity index is 0.00000625. The van der Waals surface area contributed by atoms with Gasteiger partial charge in [0.1, 0.15) is 11.6 Å². The monoisotopic (exact) mass is 1070 g/mol. The van der Waals surface area contributed by atoms with Crippen LogP contribution in [0, 0.1) is 13.0 Å². The predicted octanol–water partition coefficient (Wildman–Crippen LogP) is 17.1. The molecule has 9 rings (SSSR count). The maximum Gasteiger partial charge on any atom is 0.148 e. The molecule has 0 saturated heterocycles. The summed E-state index contributed by atoms with van der Waals surface area (Å²) in [5.41, 5.74) is 19.4. The van der Waals surface area contributed by atoms with Crippen molar-refractivity contribution in [1.29, 1.82) is 0 Å². The second kappa shape index (κ2) is 19.0. The van der Waals surface area contributed by atoms with Crippen molar-refractivity contribution in [2.45, 2.75) is 98.8 Å². The molecule has 0 atom stereocenters. The van der Waals surface area contributed by atoms with Crippen LogP contribution < -0.4 is 0 Å². The standard InChI is InChI=1S/C63H62N3O.Pt/c1-39(2)46-35-53(40(3)4)60(67)55(36-46)61-65-59-52(18-15-19-58(59)66(61)57-29-28-51(63(9,10)11)38-54(57)44-24-26-50(27-25-44)62(6,7)8)48-32-47(42-16-13-12-14-17-42)33-49(34-48)56-37-45(30-31-64-56)43-22-20-41(5)21-23-43;/h12-33,35-40,67H,1-11H3;/q-1;. The summed E-state index contributed by atoms with van der Waals surface area (Å²) in [6.45, 7) is 24.4. The van der Waals surface area contributed by atoms with Gasteiger partial charge >= 0.3 is 0 Å². The Labute approximate surface area is 418 Å². The Kier molecular flexibility index (Phi) is 13.4. The van der Waals surface area contributed by atoms with Crippen LogP contribution >= 0.6 is 0 Å². The first-order valence-corrected chi connectivity index (χ1v) is 23.8. The average Bonchev–Trinajstić information content (AvgIpc) is 3.70. The number of hydrogen-bond acceptors (Lipinski definition) is 3. The molecule has 9 aromatic rings. The van der Waals surface area contributed by atoms with Gasteiger partial charge in [-0.2, -0.15) is 0 Å². The minimum Gasteiger partial charge on any atom is -0.507 e. The molecule has 0 amide bonds. The van der Waals surface area contributed by atoms with E-state index >= 15 is 0 Å². The maximum atomic E-state index is 12.4. The van der Waals surface area contributed by atoms with Crippen molar-refractivity contribution in [3.8, 4) is 78.6 Å². The molecule has 4 nitrogen and oxygen atoms in total. The molecule has 5 heteroatoms. The minimum atomic E-state index is -0.0898. The number of phenols is 1. The Morgan fingerprint density at radius 1 is 0.544 bits per heavy atom. The fraction of sp³-hybridized carbons (Fsp3) is 0.238. The molecule has 68 heavy (non-hydrogen) atoms. The second-order valence-electron chi connectivity index (χ2n) is 20.9. The first-order valence-electron chi connectivity index (χ1n) is 23.8. The number of benzene rings is 7. The van der Waals surface area contributed by atoms with Crippen LogP contribution in [-0.2, 0) is 31.9 Å². The molecule has 346 valence electrons. The number of para-hydroxylation sites is 1. The minimum absolute atomic E-state index is 0. The van der Waals surface area contributed by atoms with Crippen molar-refractivity contribution in [2.75, 3.05) is 0 Å². The van der Waals surface area contributed by atoms with E-state index in [0.29, 0.717) is 11.4 Å². The third-order valence-corrected chi connectivity index (χ3v) is 13.2. The van der Waals surface area contributed by atoms with Gasteiger partial charge in [-0.1, -0.05) is 201 Å². The molecule has 0 aliphatic heterocycles. The van der Waals surface area contributed by atoms with Gasteiger partial charge < -0.3 is 5.11 Å². The molecule has 0 aliphatic carbocycles. The van der Waals surface area contributed by atoms with Gasteiger partial charge in [0.15, 0.2) is 0 Å². The van der Waals surface area contributed by atoms with Crippen LogP contribution in [0.5, 0.6) is 5.75 Å². The van der Waals surface area contributed by atoms with Gasteiger partial charge in [0.25, 0.3) is 0 Å². The summed E-state index contributed by atoms with van der Waals surface area (Å²) in [7, 11) is 0. The average molecular weight is 1070 g/mol. The summed E-state index contributed by atoms with van der Waals surface area (Å²) in [6, 6.07) is 58.3. The van der Waals surface area contributed by atoms with E-state index in [1.165, 1.54) is 16.7 Å². The molecule has 0 bridgehead atoms. The molecule has 7 aromatic carbocycles. The van der Waals surface area contributed by atoms with E-state index < -0.39 is 0 Å². The Hall–Kier alpha value is -6.35. The number of imidazole rings is 1. The molecule has 2 heterocycles. The number of aromatic hydroxyl groups is 1. The molecule has 0 spiro atoms. The molecular weight excluding hydrogens is 1010 g/mol. The predicted molar refractivity (Wildman–Crippen MR) is 282 cm³/mol. The van der Waals surface area contributed by atoms with E-state index in [1.54, 1.807) is 0 Å². The maximum absolute atomic E-state index is 12.4. The van der Waals surface area contributed by atoms with Gasteiger partial charge in [-0.05, 0) is 104 Å². The molecule has 2 aromatic heterocycles. The van der Waals surface area contributed by atoms with Crippen molar-refractivity contribution in [3.05, 3.63) is 192 Å². The smallest absolute Gasteiger partial charge is 0.148 e. The summed E-state index contributed by atoms with van der Waals surface area (Å²) >= 11 is 0. The van der Waals surface area contributed by atoms with E-state index in [-0.39, 0.29) is 49.5 Å². The van der Waals surface area contributed by atoms with Gasteiger partial charge in [-0.25, -0.2) is 4.98 Å². The zero-order chi connectivity index (χ0) is 47.4. The second-order valence-corrected chi connectivity index (χ2v) is 20.9. The summed E-state index contributed by atoms with van der Waals surface area (Å²) in [5, 5.41) is 12.4. The van der Waals surface area contributed by atoms with Gasteiger partial charge in [-0.15, -0.1) is 23.8 Å². The summed E-state index contributed by atoms with van der Waals surface area (Å²) in [4.78, 5) is 10.6. The van der Waals surface area contributed by atoms with Crippen molar-refractivity contribution in [3.63, 3.8) is 0 Å². The van der Waals surface area contributed by atoms with E-state index in [0.717, 1.165) is 83.6 Å². The van der Waals surface area contributed by atoms with Crippen LogP contribution in [-0.4, -0.2) is 19.6 Å². The third kappa shape index (κ3) is 9.54. The first kappa shape index (κ1) is 48.1. The molecule has 0 fully saturated rings. The van der Waals surface area contributed by atoms with Crippen molar-refractivity contribution < 1.29 is 26.2 Å². The number of phenolic OH excluding ortho intramolecular Hbond substituents is 1. The van der Waals surface area contributed by atoms with Crippen LogP contribution in [0.15, 0.2) is 158 Å². The van der Waals surface area contributed by atoms with Gasteiger partial charge in [0.05, 0.1) is 22.3 Å². The SMILES string of the molecule is Cc1ccc(-c2ccnc(-c3[c-]c(-c4cccc5c4nc(-c4cc(C(C)C)cc(C(C)C)c4O)n5-c4ccc(C(C)(C)C)cc4-c4ccc(C(C)(C)C)cc4)cc(-c4ccccc4)c3)c2)cc1.[Pt].